The second kappa shape index (κ2) is 4.85. The van der Waals surface area contributed by atoms with Crippen LogP contribution in [0.15, 0.2) is 24.3 Å². The average molecular weight is 279 g/mol. The predicted molar refractivity (Wildman–Crippen MR) is 73.8 cm³/mol. The molecule has 4 nitrogen and oxygen atoms in total. The zero-order valence-electron chi connectivity index (χ0n) is 10.6. The highest BCUT2D eigenvalue weighted by Crippen LogP contribution is 2.24. The molecule has 1 fully saturated rings. The number of nitrogens with two attached hydrogens (primary N) is 1. The van der Waals surface area contributed by atoms with Crippen LogP contribution in [0.25, 0.3) is 0 Å². The molecule has 1 aromatic rings. The summed E-state index contributed by atoms with van der Waals surface area (Å²) >= 11 is 5.85. The lowest BCUT2D eigenvalue weighted by Gasteiger charge is -2.26. The van der Waals surface area contributed by atoms with Crippen LogP contribution in [0.4, 0.5) is 0 Å². The minimum atomic E-state index is -0.0453. The van der Waals surface area contributed by atoms with Gasteiger partial charge in [0.1, 0.15) is 12.1 Å². The number of fused-ring (bicyclic) bond motifs is 1. The third-order valence-electron chi connectivity index (χ3n) is 3.96. The zero-order valence-corrected chi connectivity index (χ0v) is 11.4. The summed E-state index contributed by atoms with van der Waals surface area (Å²) in [5.41, 5.74) is 6.62. The molecule has 19 heavy (non-hydrogen) atoms. The van der Waals surface area contributed by atoms with Crippen molar-refractivity contribution in [1.29, 1.82) is 0 Å². The monoisotopic (exact) mass is 278 g/mol. The van der Waals surface area contributed by atoms with E-state index in [1.54, 1.807) is 29.2 Å². The highest BCUT2D eigenvalue weighted by atomic mass is 35.5. The van der Waals surface area contributed by atoms with Crippen LogP contribution in [0.2, 0.25) is 5.02 Å². The lowest BCUT2D eigenvalue weighted by Crippen LogP contribution is -2.79. The Labute approximate surface area is 117 Å². The molecular formula is C14H17ClN3O+. The van der Waals surface area contributed by atoms with Gasteiger partial charge in [0.15, 0.2) is 0 Å². The Morgan fingerprint density at radius 2 is 1.95 bits per heavy atom. The van der Waals surface area contributed by atoms with Crippen molar-refractivity contribution in [1.82, 2.24) is 4.90 Å². The van der Waals surface area contributed by atoms with Gasteiger partial charge in [-0.05, 0) is 49.9 Å². The molecule has 1 aliphatic heterocycles. The minimum absolute atomic E-state index is 0.0453. The summed E-state index contributed by atoms with van der Waals surface area (Å²) in [6.45, 7) is 0. The van der Waals surface area contributed by atoms with E-state index >= 15 is 0 Å². The van der Waals surface area contributed by atoms with E-state index in [4.69, 9.17) is 17.3 Å². The Balaban J connectivity index is 1.86. The van der Waals surface area contributed by atoms with Gasteiger partial charge >= 0.3 is 11.9 Å². The van der Waals surface area contributed by atoms with E-state index in [1.165, 1.54) is 6.42 Å². The maximum absolute atomic E-state index is 12.6. The number of halogens is 1. The summed E-state index contributed by atoms with van der Waals surface area (Å²) in [5, 5.41) is 0.628. The Morgan fingerprint density at radius 1 is 1.26 bits per heavy atom. The number of carbonyl (C=O) groups is 1. The van der Waals surface area contributed by atoms with Gasteiger partial charge in [-0.25, -0.2) is 0 Å². The fraction of sp³-hybridized carbons (Fsp3) is 0.429. The molecule has 3 N–H and O–H groups in total. The first-order valence-corrected chi connectivity index (χ1v) is 7.03. The molecule has 2 atom stereocenters. The predicted octanol–water partition coefficient (Wildman–Crippen LogP) is 0.502. The molecule has 2 aliphatic rings. The van der Waals surface area contributed by atoms with Crippen molar-refractivity contribution < 1.29 is 9.79 Å². The summed E-state index contributed by atoms with van der Waals surface area (Å²) in [7, 11) is 0. The van der Waals surface area contributed by atoms with Crippen LogP contribution >= 0.6 is 11.6 Å². The standard InChI is InChI=1S/C14H16ClN3O/c15-10-7-5-9(6-8-10)13(19)18-12-4-2-1-3-11(12)17-14(18)16/h5-8,11-12H,1-4H2,(H2,16,17)/p+1/t11-,12-/m1/s1. The second-order valence-electron chi connectivity index (χ2n) is 5.17. The first-order valence-electron chi connectivity index (χ1n) is 6.65. The number of amides is 1. The molecule has 1 aliphatic carbocycles. The summed E-state index contributed by atoms with van der Waals surface area (Å²) in [4.78, 5) is 17.5. The van der Waals surface area contributed by atoms with Gasteiger partial charge in [0, 0.05) is 5.02 Å². The van der Waals surface area contributed by atoms with E-state index in [2.05, 4.69) is 4.99 Å². The lowest BCUT2D eigenvalue weighted by atomic mass is 9.90. The highest BCUT2D eigenvalue weighted by Gasteiger charge is 2.45. The maximum atomic E-state index is 12.6. The molecule has 0 unspecified atom stereocenters. The molecule has 100 valence electrons. The molecule has 5 heteroatoms. The smallest absolute Gasteiger partial charge is 0.290 e. The van der Waals surface area contributed by atoms with Crippen LogP contribution < -0.4 is 10.7 Å². The van der Waals surface area contributed by atoms with Crippen molar-refractivity contribution in [2.75, 3.05) is 0 Å². The van der Waals surface area contributed by atoms with E-state index in [1.807, 2.05) is 0 Å². The maximum Gasteiger partial charge on any atom is 0.351 e. The highest BCUT2D eigenvalue weighted by molar-refractivity contribution is 6.30. The lowest BCUT2D eigenvalue weighted by molar-refractivity contribution is -0.499. The quantitative estimate of drug-likeness (QED) is 0.786. The van der Waals surface area contributed by atoms with E-state index < -0.39 is 0 Å². The van der Waals surface area contributed by atoms with Gasteiger partial charge < -0.3 is 0 Å². The number of rotatable bonds is 1. The summed E-state index contributed by atoms with van der Waals surface area (Å²) in [6, 6.07) is 7.45. The molecule has 0 bridgehead atoms. The van der Waals surface area contributed by atoms with Gasteiger partial charge in [-0.2, -0.15) is 4.90 Å². The normalized spacial score (nSPS) is 25.9. The Hall–Kier alpha value is -1.55. The fourth-order valence-corrected chi connectivity index (χ4v) is 3.14. The SMILES string of the molecule is NC1=[NH+][C@@H]2CCCC[C@H]2N1C(=O)c1ccc(Cl)cc1. The van der Waals surface area contributed by atoms with Crippen molar-refractivity contribution in [2.45, 2.75) is 37.8 Å². The third-order valence-corrected chi connectivity index (χ3v) is 4.22. The van der Waals surface area contributed by atoms with Gasteiger partial charge in [-0.3, -0.25) is 15.5 Å². The van der Waals surface area contributed by atoms with Crippen molar-refractivity contribution in [3.63, 3.8) is 0 Å². The van der Waals surface area contributed by atoms with Crippen LogP contribution in [-0.4, -0.2) is 28.9 Å². The average Bonchev–Trinajstić information content (AvgIpc) is 2.74. The number of nitrogens with one attached hydrogen (secondary N) is 1. The van der Waals surface area contributed by atoms with Crippen molar-refractivity contribution in [3.05, 3.63) is 34.9 Å². The fourth-order valence-electron chi connectivity index (χ4n) is 3.02. The second-order valence-corrected chi connectivity index (χ2v) is 5.61. The first-order chi connectivity index (χ1) is 9.16. The Bertz CT molecular complexity index is 526. The molecule has 0 radical (unpaired) electrons. The molecule has 1 saturated carbocycles. The van der Waals surface area contributed by atoms with Gasteiger partial charge in [-0.15, -0.1) is 0 Å². The molecule has 1 aromatic carbocycles. The van der Waals surface area contributed by atoms with Crippen LogP contribution in [0, 0.1) is 0 Å². The van der Waals surface area contributed by atoms with Crippen molar-refractivity contribution >= 4 is 23.5 Å². The summed E-state index contributed by atoms with van der Waals surface area (Å²) in [5.74, 6) is 0.438. The molecule has 0 spiro atoms. The molecule has 3 rings (SSSR count). The van der Waals surface area contributed by atoms with Crippen LogP contribution in [-0.2, 0) is 0 Å². The van der Waals surface area contributed by atoms with Gasteiger partial charge in [0.2, 0.25) is 0 Å². The van der Waals surface area contributed by atoms with Crippen LogP contribution in [0.1, 0.15) is 36.0 Å². The van der Waals surface area contributed by atoms with Crippen molar-refractivity contribution in [3.8, 4) is 0 Å². The number of hydrogen-bond donors (Lipinski definition) is 2. The molecular weight excluding hydrogens is 262 g/mol. The van der Waals surface area contributed by atoms with Crippen LogP contribution in [0.5, 0.6) is 0 Å². The molecule has 0 saturated heterocycles. The van der Waals surface area contributed by atoms with E-state index in [-0.39, 0.29) is 11.9 Å². The van der Waals surface area contributed by atoms with E-state index in [0.717, 1.165) is 19.3 Å². The van der Waals surface area contributed by atoms with Crippen LogP contribution in [0.3, 0.4) is 0 Å². The Morgan fingerprint density at radius 3 is 2.68 bits per heavy atom. The van der Waals surface area contributed by atoms with Crippen molar-refractivity contribution in [2.24, 2.45) is 5.73 Å². The van der Waals surface area contributed by atoms with E-state index in [9.17, 15) is 4.79 Å². The van der Waals surface area contributed by atoms with Gasteiger partial charge in [0.05, 0.1) is 5.56 Å². The summed E-state index contributed by atoms with van der Waals surface area (Å²) < 4.78 is 0. The Kier molecular flexibility index (Phi) is 3.19. The minimum Gasteiger partial charge on any atom is -0.290 e. The summed E-state index contributed by atoms with van der Waals surface area (Å²) in [6.07, 6.45) is 4.44. The molecule has 1 heterocycles. The van der Waals surface area contributed by atoms with Gasteiger partial charge in [0.25, 0.3) is 0 Å². The van der Waals surface area contributed by atoms with E-state index in [0.29, 0.717) is 22.6 Å². The number of carbonyl (C=O) groups excluding carboxylic acids is 1. The van der Waals surface area contributed by atoms with Gasteiger partial charge in [-0.1, -0.05) is 11.6 Å². The first kappa shape index (κ1) is 12.5. The molecule has 0 aromatic heterocycles. The largest absolute Gasteiger partial charge is 0.351 e. The third kappa shape index (κ3) is 2.21. The zero-order chi connectivity index (χ0) is 13.4. The topological polar surface area (TPSA) is 60.3 Å². The number of benzene rings is 1. The molecule has 1 amide bonds. The number of guanidine groups is 1. The number of hydrogen-bond acceptors (Lipinski definition) is 2. The number of nitrogens with zero attached hydrogens (tertiary/aromatic N) is 1.